The van der Waals surface area contributed by atoms with Gasteiger partial charge in [0.1, 0.15) is 5.00 Å². The first kappa shape index (κ1) is 17.9. The largest absolute Gasteiger partial charge is 0.465 e. The number of hydrogen-bond donors (Lipinski definition) is 1. The van der Waals surface area contributed by atoms with Crippen LogP contribution in [0.3, 0.4) is 0 Å². The van der Waals surface area contributed by atoms with Crippen LogP contribution in [0.15, 0.2) is 24.5 Å². The molecular formula is C17H22N3O3S+. The van der Waals surface area contributed by atoms with Crippen molar-refractivity contribution in [3.8, 4) is 0 Å². The Morgan fingerprint density at radius 3 is 2.42 bits per heavy atom. The van der Waals surface area contributed by atoms with Crippen LogP contribution in [-0.4, -0.2) is 33.1 Å². The Balaban J connectivity index is 2.12. The van der Waals surface area contributed by atoms with E-state index in [4.69, 9.17) is 4.74 Å². The summed E-state index contributed by atoms with van der Waals surface area (Å²) in [6.07, 6.45) is 3.70. The first-order valence-electron chi connectivity index (χ1n) is 7.48. The highest BCUT2D eigenvalue weighted by Gasteiger charge is 2.22. The quantitative estimate of drug-likeness (QED) is 0.664. The smallest absolute Gasteiger partial charge is 0.341 e. The van der Waals surface area contributed by atoms with Crippen LogP contribution in [0.25, 0.3) is 0 Å². The Morgan fingerprint density at radius 1 is 1.25 bits per heavy atom. The lowest BCUT2D eigenvalue weighted by Crippen LogP contribution is -2.39. The summed E-state index contributed by atoms with van der Waals surface area (Å²) in [7, 11) is 5.26. The zero-order valence-corrected chi connectivity index (χ0v) is 15.4. The lowest BCUT2D eigenvalue weighted by Gasteiger charge is -2.10. The molecular weight excluding hydrogens is 326 g/mol. The molecule has 0 atom stereocenters. The summed E-state index contributed by atoms with van der Waals surface area (Å²) in [6.45, 7) is 3.93. The maximum absolute atomic E-state index is 12.3. The normalized spacial score (nSPS) is 10.4. The maximum Gasteiger partial charge on any atom is 0.341 e. The number of amides is 1. The average Bonchev–Trinajstić information content (AvgIpc) is 2.81. The summed E-state index contributed by atoms with van der Waals surface area (Å²) in [5, 5.41) is 3.36. The number of pyridine rings is 1. The lowest BCUT2D eigenvalue weighted by molar-refractivity contribution is -0.684. The number of nitrogens with zero attached hydrogens (tertiary/aromatic N) is 2. The van der Waals surface area contributed by atoms with E-state index in [1.54, 1.807) is 4.57 Å². The molecule has 1 amide bonds. The summed E-state index contributed by atoms with van der Waals surface area (Å²) in [6, 6.07) is 3.87. The van der Waals surface area contributed by atoms with Crippen LogP contribution < -0.4 is 14.8 Å². The standard InChI is InChI=1S/C17H21N3O3S/c1-11-12(2)24-16(15(11)17(22)23-5)18-14(21)10-20-8-6-13(7-9-20)19(3)4/h6-9H,10H2,1-5H3/p+1. The highest BCUT2D eigenvalue weighted by molar-refractivity contribution is 7.16. The Bertz CT molecular complexity index is 751. The number of nitrogens with one attached hydrogen (secondary N) is 1. The fourth-order valence-corrected chi connectivity index (χ4v) is 3.31. The van der Waals surface area contributed by atoms with E-state index in [1.165, 1.54) is 18.4 Å². The third-order valence-corrected chi connectivity index (χ3v) is 4.87. The summed E-state index contributed by atoms with van der Waals surface area (Å²) >= 11 is 1.38. The summed E-state index contributed by atoms with van der Waals surface area (Å²) in [5.74, 6) is -0.626. The number of ether oxygens (including phenoxy) is 1. The van der Waals surface area contributed by atoms with Crippen LogP contribution in [0.4, 0.5) is 10.7 Å². The predicted molar refractivity (Wildman–Crippen MR) is 94.7 cm³/mol. The highest BCUT2D eigenvalue weighted by Crippen LogP contribution is 2.32. The fraction of sp³-hybridized carbons (Fsp3) is 0.353. The number of carbonyl (C=O) groups is 2. The topological polar surface area (TPSA) is 62.5 Å². The minimum absolute atomic E-state index is 0.171. The number of aromatic nitrogens is 1. The lowest BCUT2D eigenvalue weighted by atomic mass is 10.1. The molecule has 0 radical (unpaired) electrons. The molecule has 0 fully saturated rings. The number of aryl methyl sites for hydroxylation is 1. The average molecular weight is 348 g/mol. The molecule has 0 bridgehead atoms. The van der Waals surface area contributed by atoms with Crippen molar-refractivity contribution in [1.29, 1.82) is 0 Å². The zero-order valence-electron chi connectivity index (χ0n) is 14.5. The van der Waals surface area contributed by atoms with Crippen LogP contribution in [-0.2, 0) is 16.1 Å². The number of hydrogen-bond acceptors (Lipinski definition) is 5. The summed E-state index contributed by atoms with van der Waals surface area (Å²) in [5.41, 5.74) is 2.33. The van der Waals surface area contributed by atoms with Crippen molar-refractivity contribution >= 4 is 33.9 Å². The summed E-state index contributed by atoms with van der Waals surface area (Å²) in [4.78, 5) is 27.2. The third-order valence-electron chi connectivity index (χ3n) is 3.74. The van der Waals surface area contributed by atoms with Crippen molar-refractivity contribution in [3.63, 3.8) is 0 Å². The monoisotopic (exact) mass is 348 g/mol. The second-order valence-corrected chi connectivity index (χ2v) is 6.87. The van der Waals surface area contributed by atoms with Gasteiger partial charge in [0, 0.05) is 36.8 Å². The van der Waals surface area contributed by atoms with Crippen LogP contribution in [0, 0.1) is 13.8 Å². The van der Waals surface area contributed by atoms with Crippen LogP contribution >= 0.6 is 11.3 Å². The van der Waals surface area contributed by atoms with E-state index in [0.717, 1.165) is 16.1 Å². The van der Waals surface area contributed by atoms with E-state index in [1.807, 2.05) is 57.4 Å². The van der Waals surface area contributed by atoms with Gasteiger partial charge in [0.15, 0.2) is 12.4 Å². The van der Waals surface area contributed by atoms with Gasteiger partial charge in [-0.3, -0.25) is 4.79 Å². The first-order valence-corrected chi connectivity index (χ1v) is 8.29. The molecule has 128 valence electrons. The molecule has 0 aliphatic heterocycles. The van der Waals surface area contributed by atoms with Crippen molar-refractivity contribution in [2.45, 2.75) is 20.4 Å². The minimum atomic E-state index is -0.435. The SMILES string of the molecule is COC(=O)c1c(NC(=O)C[n+]2ccc(N(C)C)cc2)sc(C)c1C. The van der Waals surface area contributed by atoms with Gasteiger partial charge in [-0.15, -0.1) is 11.3 Å². The molecule has 0 saturated heterocycles. The minimum Gasteiger partial charge on any atom is -0.465 e. The molecule has 7 heteroatoms. The second-order valence-electron chi connectivity index (χ2n) is 5.65. The molecule has 2 heterocycles. The molecule has 6 nitrogen and oxygen atoms in total. The molecule has 0 saturated carbocycles. The Hall–Kier alpha value is -2.41. The molecule has 0 spiro atoms. The molecule has 24 heavy (non-hydrogen) atoms. The summed E-state index contributed by atoms with van der Waals surface area (Å²) < 4.78 is 6.60. The van der Waals surface area contributed by atoms with E-state index >= 15 is 0 Å². The van der Waals surface area contributed by atoms with Crippen molar-refractivity contribution in [1.82, 2.24) is 0 Å². The molecule has 0 aliphatic carbocycles. The molecule has 2 aromatic rings. The van der Waals surface area contributed by atoms with Gasteiger partial charge in [0.05, 0.1) is 12.7 Å². The van der Waals surface area contributed by atoms with Gasteiger partial charge in [-0.25, -0.2) is 4.79 Å². The zero-order chi connectivity index (χ0) is 17.9. The van der Waals surface area contributed by atoms with E-state index in [0.29, 0.717) is 10.6 Å². The Labute approximate surface area is 145 Å². The van der Waals surface area contributed by atoms with Crippen molar-refractivity contribution in [2.24, 2.45) is 0 Å². The van der Waals surface area contributed by atoms with Crippen LogP contribution in [0.2, 0.25) is 0 Å². The molecule has 2 aromatic heterocycles. The van der Waals surface area contributed by atoms with Crippen molar-refractivity contribution < 1.29 is 18.9 Å². The number of esters is 1. The molecule has 0 unspecified atom stereocenters. The fourth-order valence-electron chi connectivity index (χ4n) is 2.25. The number of carbonyl (C=O) groups excluding carboxylic acids is 2. The van der Waals surface area contributed by atoms with Crippen LogP contribution in [0.5, 0.6) is 0 Å². The van der Waals surface area contributed by atoms with Gasteiger partial charge in [-0.2, -0.15) is 4.57 Å². The van der Waals surface area contributed by atoms with Gasteiger partial charge in [-0.1, -0.05) is 0 Å². The number of methoxy groups -OCH3 is 1. The van der Waals surface area contributed by atoms with Gasteiger partial charge in [0.25, 0.3) is 5.91 Å². The molecule has 0 aliphatic rings. The van der Waals surface area contributed by atoms with E-state index < -0.39 is 5.97 Å². The third kappa shape index (κ3) is 3.91. The second kappa shape index (κ2) is 7.44. The maximum atomic E-state index is 12.3. The van der Waals surface area contributed by atoms with Gasteiger partial charge in [-0.05, 0) is 19.4 Å². The van der Waals surface area contributed by atoms with Crippen molar-refractivity contribution in [3.05, 3.63) is 40.5 Å². The number of rotatable bonds is 5. The van der Waals surface area contributed by atoms with Gasteiger partial charge < -0.3 is 15.0 Å². The molecule has 2 rings (SSSR count). The Morgan fingerprint density at radius 2 is 1.88 bits per heavy atom. The van der Waals surface area contributed by atoms with Gasteiger partial charge >= 0.3 is 5.97 Å². The van der Waals surface area contributed by atoms with Crippen LogP contribution in [0.1, 0.15) is 20.8 Å². The number of thiophene rings is 1. The van der Waals surface area contributed by atoms with Gasteiger partial charge in [0.2, 0.25) is 6.54 Å². The van der Waals surface area contributed by atoms with E-state index in [9.17, 15) is 9.59 Å². The van der Waals surface area contributed by atoms with E-state index in [-0.39, 0.29) is 12.5 Å². The van der Waals surface area contributed by atoms with E-state index in [2.05, 4.69) is 5.32 Å². The van der Waals surface area contributed by atoms with Crippen molar-refractivity contribution in [2.75, 3.05) is 31.4 Å². The molecule has 0 aromatic carbocycles. The first-order chi connectivity index (χ1) is 11.3. The highest BCUT2D eigenvalue weighted by atomic mass is 32.1. The Kier molecular flexibility index (Phi) is 5.56. The number of anilines is 2. The predicted octanol–water partition coefficient (Wildman–Crippen LogP) is 2.14. The molecule has 1 N–H and O–H groups in total.